The molecule has 31 heavy (non-hydrogen) atoms. The summed E-state index contributed by atoms with van der Waals surface area (Å²) in [4.78, 5) is 37.0. The van der Waals surface area contributed by atoms with Crippen molar-refractivity contribution in [3.8, 4) is 11.4 Å². The van der Waals surface area contributed by atoms with Crippen LogP contribution in [-0.4, -0.2) is 75.1 Å². The summed E-state index contributed by atoms with van der Waals surface area (Å²) in [5.74, 6) is 2.97. The molecule has 0 aromatic carbocycles. The van der Waals surface area contributed by atoms with E-state index in [1.54, 1.807) is 17.3 Å². The molecule has 164 valence electrons. The molecule has 1 amide bonds. The van der Waals surface area contributed by atoms with Gasteiger partial charge in [-0.05, 0) is 20.3 Å². The van der Waals surface area contributed by atoms with Crippen molar-refractivity contribution in [1.82, 2.24) is 34.4 Å². The van der Waals surface area contributed by atoms with Crippen LogP contribution in [0.15, 0.2) is 18.7 Å². The number of rotatable bonds is 6. The van der Waals surface area contributed by atoms with Gasteiger partial charge in [0.1, 0.15) is 24.0 Å². The van der Waals surface area contributed by atoms with Crippen LogP contribution in [0.4, 0.5) is 5.82 Å². The van der Waals surface area contributed by atoms with Gasteiger partial charge in [-0.25, -0.2) is 24.9 Å². The highest BCUT2D eigenvalue weighted by Gasteiger charge is 2.27. The number of carbonyl (C=O) groups excluding carboxylic acids is 1. The molecule has 3 aromatic rings. The van der Waals surface area contributed by atoms with Gasteiger partial charge in [0.2, 0.25) is 5.91 Å². The number of nitrogens with zero attached hydrogens (tertiary/aromatic N) is 7. The van der Waals surface area contributed by atoms with Gasteiger partial charge in [0.15, 0.2) is 17.0 Å². The van der Waals surface area contributed by atoms with Crippen LogP contribution in [0.5, 0.6) is 0 Å². The number of imidazole rings is 1. The number of amides is 1. The molecule has 1 saturated heterocycles. The lowest BCUT2D eigenvalue weighted by molar-refractivity contribution is -0.131. The molecule has 10 nitrogen and oxygen atoms in total. The molecule has 1 N–H and O–H groups in total. The molecule has 4 rings (SSSR count). The number of anilines is 1. The van der Waals surface area contributed by atoms with Crippen molar-refractivity contribution in [3.05, 3.63) is 24.5 Å². The number of hydrogen-bond acceptors (Lipinski definition) is 8. The van der Waals surface area contributed by atoms with Crippen molar-refractivity contribution in [2.75, 3.05) is 29.9 Å². The molecule has 1 atom stereocenters. The average molecular weight is 443 g/mol. The fraction of sp³-hybridized carbons (Fsp3) is 0.500. The summed E-state index contributed by atoms with van der Waals surface area (Å²) in [7, 11) is -0.828. The van der Waals surface area contributed by atoms with Crippen molar-refractivity contribution in [2.24, 2.45) is 0 Å². The third kappa shape index (κ3) is 4.27. The van der Waals surface area contributed by atoms with E-state index in [-0.39, 0.29) is 5.91 Å². The number of hydrogen-bond donors (Lipinski definition) is 1. The van der Waals surface area contributed by atoms with Gasteiger partial charge < -0.3 is 14.8 Å². The van der Waals surface area contributed by atoms with E-state index in [4.69, 9.17) is 4.98 Å². The Morgan fingerprint density at radius 1 is 1.16 bits per heavy atom. The largest absolute Gasteiger partial charge is 0.356 e. The predicted octanol–water partition coefficient (Wildman–Crippen LogP) is 1.39. The second-order valence-electron chi connectivity index (χ2n) is 7.37. The van der Waals surface area contributed by atoms with Crippen LogP contribution >= 0.6 is 0 Å². The topological polar surface area (TPSA) is 119 Å². The van der Waals surface area contributed by atoms with Crippen molar-refractivity contribution in [1.29, 1.82) is 0 Å². The van der Waals surface area contributed by atoms with Crippen molar-refractivity contribution in [3.63, 3.8) is 0 Å². The zero-order valence-corrected chi connectivity index (χ0v) is 18.7. The highest BCUT2D eigenvalue weighted by molar-refractivity contribution is 7.85. The van der Waals surface area contributed by atoms with E-state index in [0.29, 0.717) is 66.2 Å². The molecule has 0 aliphatic carbocycles. The van der Waals surface area contributed by atoms with E-state index >= 15 is 0 Å². The number of aryl methyl sites for hydroxylation is 2. The van der Waals surface area contributed by atoms with Crippen LogP contribution in [0.25, 0.3) is 22.6 Å². The number of nitrogens with one attached hydrogen (secondary N) is 1. The van der Waals surface area contributed by atoms with E-state index < -0.39 is 16.8 Å². The Morgan fingerprint density at radius 2 is 1.87 bits per heavy atom. The first-order valence-electron chi connectivity index (χ1n) is 10.4. The molecule has 0 bridgehead atoms. The monoisotopic (exact) mass is 442 g/mol. The highest BCUT2D eigenvalue weighted by Crippen LogP contribution is 2.27. The lowest BCUT2D eigenvalue weighted by atomic mass is 10.2. The molecular weight excluding hydrogens is 416 g/mol. The first-order valence-corrected chi connectivity index (χ1v) is 11.9. The smallest absolute Gasteiger partial charge is 0.245 e. The Hall–Kier alpha value is -2.95. The van der Waals surface area contributed by atoms with Gasteiger partial charge >= 0.3 is 0 Å². The van der Waals surface area contributed by atoms with Crippen molar-refractivity contribution >= 4 is 33.7 Å². The third-order valence-electron chi connectivity index (χ3n) is 5.39. The molecule has 1 aliphatic rings. The first-order chi connectivity index (χ1) is 15.0. The van der Waals surface area contributed by atoms with Crippen LogP contribution in [0.1, 0.15) is 26.1 Å². The quantitative estimate of drug-likeness (QED) is 0.608. The normalized spacial score (nSPS) is 15.9. The molecule has 1 fully saturated rings. The summed E-state index contributed by atoms with van der Waals surface area (Å²) in [6, 6.07) is -0.442. The molecule has 0 saturated carbocycles. The van der Waals surface area contributed by atoms with Crippen LogP contribution in [-0.2, 0) is 22.1 Å². The van der Waals surface area contributed by atoms with Gasteiger partial charge in [0, 0.05) is 54.3 Å². The molecule has 3 aromatic heterocycles. The summed E-state index contributed by atoms with van der Waals surface area (Å²) in [5, 5.41) is 3.28. The van der Waals surface area contributed by atoms with E-state index in [1.807, 2.05) is 25.3 Å². The molecular formula is C20H26N8O2S. The number of aromatic nitrogens is 6. The minimum absolute atomic E-state index is 0.00644. The standard InChI is InChI=1S/C20H26N8O2S/c1-4-15(20(29)27-6-8-31(30)9-7-27)25-17-16-19(24-12-23-17)28(5-2)18(26-16)14-10-21-13(3)22-11-14/h10-12,15H,4-9H2,1-3H3,(H,23,24,25)/t15-/m0/s1. The predicted molar refractivity (Wildman–Crippen MR) is 119 cm³/mol. The summed E-state index contributed by atoms with van der Waals surface area (Å²) in [5.41, 5.74) is 2.08. The van der Waals surface area contributed by atoms with Gasteiger partial charge in [-0.1, -0.05) is 6.92 Å². The highest BCUT2D eigenvalue weighted by atomic mass is 32.2. The maximum absolute atomic E-state index is 13.0. The van der Waals surface area contributed by atoms with Gasteiger partial charge in [-0.3, -0.25) is 9.00 Å². The first kappa shape index (κ1) is 21.3. The fourth-order valence-corrected chi connectivity index (χ4v) is 4.70. The Bertz CT molecular complexity index is 1100. The molecule has 4 heterocycles. The van der Waals surface area contributed by atoms with Crippen LogP contribution < -0.4 is 5.32 Å². The number of carbonyl (C=O) groups is 1. The van der Waals surface area contributed by atoms with E-state index in [2.05, 4.69) is 25.3 Å². The Balaban J connectivity index is 1.66. The maximum atomic E-state index is 13.0. The molecule has 1 aliphatic heterocycles. The Kier molecular flexibility index (Phi) is 6.21. The van der Waals surface area contributed by atoms with Crippen LogP contribution in [0.3, 0.4) is 0 Å². The molecule has 0 unspecified atom stereocenters. The van der Waals surface area contributed by atoms with Crippen LogP contribution in [0, 0.1) is 6.92 Å². The summed E-state index contributed by atoms with van der Waals surface area (Å²) in [6.07, 6.45) is 5.57. The summed E-state index contributed by atoms with van der Waals surface area (Å²) < 4.78 is 13.6. The molecule has 0 spiro atoms. The van der Waals surface area contributed by atoms with E-state index in [9.17, 15) is 9.00 Å². The third-order valence-corrected chi connectivity index (χ3v) is 6.67. The molecule has 0 radical (unpaired) electrons. The van der Waals surface area contributed by atoms with Gasteiger partial charge in [-0.15, -0.1) is 0 Å². The second kappa shape index (κ2) is 9.04. The number of fused-ring (bicyclic) bond motifs is 1. The zero-order valence-electron chi connectivity index (χ0n) is 17.9. The second-order valence-corrected chi connectivity index (χ2v) is 9.07. The summed E-state index contributed by atoms with van der Waals surface area (Å²) in [6.45, 7) is 7.51. The van der Waals surface area contributed by atoms with Crippen molar-refractivity contribution < 1.29 is 9.00 Å². The average Bonchev–Trinajstić information content (AvgIpc) is 3.17. The fourth-order valence-electron chi connectivity index (χ4n) is 3.65. The Labute approximate surface area is 183 Å². The van der Waals surface area contributed by atoms with Gasteiger partial charge in [0.05, 0.1) is 5.56 Å². The summed E-state index contributed by atoms with van der Waals surface area (Å²) >= 11 is 0. The van der Waals surface area contributed by atoms with Gasteiger partial charge in [0.25, 0.3) is 0 Å². The van der Waals surface area contributed by atoms with Gasteiger partial charge in [-0.2, -0.15) is 0 Å². The van der Waals surface area contributed by atoms with E-state index in [1.165, 1.54) is 6.33 Å². The maximum Gasteiger partial charge on any atom is 0.245 e. The van der Waals surface area contributed by atoms with Crippen molar-refractivity contribution in [2.45, 2.75) is 39.8 Å². The minimum Gasteiger partial charge on any atom is -0.356 e. The lowest BCUT2D eigenvalue weighted by Gasteiger charge is -2.30. The van der Waals surface area contributed by atoms with E-state index in [0.717, 1.165) is 5.56 Å². The Morgan fingerprint density at radius 3 is 2.52 bits per heavy atom. The molecule has 11 heteroatoms. The SMILES string of the molecule is CC[C@H](Nc1ncnc2c1nc(-c1cnc(C)nc1)n2CC)C(=O)N1CCS(=O)CC1. The van der Waals surface area contributed by atoms with Crippen LogP contribution in [0.2, 0.25) is 0 Å². The zero-order chi connectivity index (χ0) is 22.0. The minimum atomic E-state index is -0.828. The lowest BCUT2D eigenvalue weighted by Crippen LogP contribution is -2.48.